The van der Waals surface area contributed by atoms with E-state index in [0.717, 1.165) is 23.3 Å². The number of alkyl halides is 2. The van der Waals surface area contributed by atoms with Crippen LogP contribution in [0.5, 0.6) is 5.75 Å². The number of halogens is 2. The summed E-state index contributed by atoms with van der Waals surface area (Å²) in [5, 5.41) is 9.24. The third kappa shape index (κ3) is 4.01. The average Bonchev–Trinajstić information content (AvgIpc) is 3.30. The van der Waals surface area contributed by atoms with Crippen LogP contribution in [0.15, 0.2) is 36.4 Å². The Kier molecular flexibility index (Phi) is 5.22. The van der Waals surface area contributed by atoms with E-state index in [1.165, 1.54) is 35.3 Å². The number of hydrogen-bond donors (Lipinski definition) is 1. The summed E-state index contributed by atoms with van der Waals surface area (Å²) in [4.78, 5) is 26.7. The number of thiophene rings is 1. The Morgan fingerprint density at radius 3 is 2.38 bits per heavy atom. The number of carbonyl (C=O) groups is 2. The molecule has 1 aliphatic rings. The van der Waals surface area contributed by atoms with Gasteiger partial charge in [-0.15, -0.1) is 11.3 Å². The largest absolute Gasteiger partial charge is 0.480 e. The number of carboxylic acid groups (broad SMARTS) is 1. The van der Waals surface area contributed by atoms with Gasteiger partial charge < -0.3 is 14.7 Å². The predicted molar refractivity (Wildman–Crippen MR) is 92.7 cm³/mol. The molecule has 1 aromatic carbocycles. The highest BCUT2D eigenvalue weighted by Crippen LogP contribution is 2.34. The number of amides is 1. The minimum absolute atomic E-state index is 0.0232. The molecule has 1 heterocycles. The summed E-state index contributed by atoms with van der Waals surface area (Å²) >= 11 is 1.24. The Morgan fingerprint density at radius 2 is 1.85 bits per heavy atom. The summed E-state index contributed by atoms with van der Waals surface area (Å²) in [5.74, 6) is -1.26. The van der Waals surface area contributed by atoms with Crippen LogP contribution in [0, 0.1) is 0 Å². The molecule has 0 spiro atoms. The van der Waals surface area contributed by atoms with Gasteiger partial charge in [-0.05, 0) is 61.7 Å². The van der Waals surface area contributed by atoms with Crippen LogP contribution >= 0.6 is 11.3 Å². The van der Waals surface area contributed by atoms with Crippen molar-refractivity contribution in [2.24, 2.45) is 0 Å². The van der Waals surface area contributed by atoms with Crippen LogP contribution in [0.4, 0.5) is 8.78 Å². The molecule has 26 heavy (non-hydrogen) atoms. The molecule has 3 rings (SSSR count). The van der Waals surface area contributed by atoms with Crippen LogP contribution in [0.1, 0.15) is 29.4 Å². The first kappa shape index (κ1) is 18.3. The lowest BCUT2D eigenvalue weighted by atomic mass is 10.2. The van der Waals surface area contributed by atoms with Gasteiger partial charge in [0.25, 0.3) is 5.91 Å². The van der Waals surface area contributed by atoms with Crippen LogP contribution < -0.4 is 4.74 Å². The molecule has 138 valence electrons. The summed E-state index contributed by atoms with van der Waals surface area (Å²) < 4.78 is 28.7. The zero-order valence-corrected chi connectivity index (χ0v) is 14.7. The number of ether oxygens (including phenoxy) is 1. The van der Waals surface area contributed by atoms with Crippen LogP contribution in [-0.4, -0.2) is 40.6 Å². The Hall–Kier alpha value is -2.48. The van der Waals surface area contributed by atoms with Crippen LogP contribution in [0.3, 0.4) is 0 Å². The second-order valence-electron chi connectivity index (χ2n) is 6.02. The lowest BCUT2D eigenvalue weighted by Crippen LogP contribution is -2.44. The van der Waals surface area contributed by atoms with Gasteiger partial charge in [0.15, 0.2) is 0 Å². The first-order chi connectivity index (χ1) is 12.4. The minimum Gasteiger partial charge on any atom is -0.480 e. The highest BCUT2D eigenvalue weighted by atomic mass is 32.1. The van der Waals surface area contributed by atoms with E-state index >= 15 is 0 Å². The average molecular weight is 381 g/mol. The van der Waals surface area contributed by atoms with E-state index in [9.17, 15) is 23.5 Å². The molecule has 0 bridgehead atoms. The van der Waals surface area contributed by atoms with Gasteiger partial charge in [-0.1, -0.05) is 0 Å². The van der Waals surface area contributed by atoms with Gasteiger partial charge in [0.05, 0.1) is 4.88 Å². The predicted octanol–water partition coefficient (Wildman–Crippen LogP) is 4.09. The van der Waals surface area contributed by atoms with E-state index in [4.69, 9.17) is 0 Å². The topological polar surface area (TPSA) is 66.8 Å². The van der Waals surface area contributed by atoms with Gasteiger partial charge in [0.1, 0.15) is 11.8 Å². The SMILES string of the molecule is CC(C(=O)O)N(C(=O)c1ccc(-c2ccc(OC(F)F)cc2)s1)C1CC1. The lowest BCUT2D eigenvalue weighted by Gasteiger charge is -2.25. The Balaban J connectivity index is 1.78. The smallest absolute Gasteiger partial charge is 0.387 e. The van der Waals surface area contributed by atoms with Gasteiger partial charge in [-0.25, -0.2) is 4.79 Å². The molecule has 8 heteroatoms. The molecular weight excluding hydrogens is 364 g/mol. The van der Waals surface area contributed by atoms with E-state index in [2.05, 4.69) is 4.74 Å². The number of nitrogens with zero attached hydrogens (tertiary/aromatic N) is 1. The van der Waals surface area contributed by atoms with Crippen molar-refractivity contribution in [2.75, 3.05) is 0 Å². The monoisotopic (exact) mass is 381 g/mol. The molecule has 1 amide bonds. The number of hydrogen-bond acceptors (Lipinski definition) is 4. The molecule has 1 aliphatic carbocycles. The maximum atomic E-state index is 12.8. The fraction of sp³-hybridized carbons (Fsp3) is 0.333. The molecule has 5 nitrogen and oxygen atoms in total. The molecule has 1 saturated carbocycles. The van der Waals surface area contributed by atoms with Crippen molar-refractivity contribution < 1.29 is 28.2 Å². The third-order valence-corrected chi connectivity index (χ3v) is 5.25. The maximum absolute atomic E-state index is 12.8. The van der Waals surface area contributed by atoms with E-state index < -0.39 is 18.6 Å². The normalized spacial score (nSPS) is 14.9. The van der Waals surface area contributed by atoms with Crippen molar-refractivity contribution in [3.05, 3.63) is 41.3 Å². The summed E-state index contributed by atoms with van der Waals surface area (Å²) in [5.41, 5.74) is 0.764. The van der Waals surface area contributed by atoms with Crippen LogP contribution in [-0.2, 0) is 4.79 Å². The van der Waals surface area contributed by atoms with Crippen molar-refractivity contribution in [2.45, 2.75) is 38.5 Å². The summed E-state index contributed by atoms with van der Waals surface area (Å²) in [7, 11) is 0. The zero-order valence-electron chi connectivity index (χ0n) is 13.9. The summed E-state index contributed by atoms with van der Waals surface area (Å²) in [6, 6.07) is 8.66. The van der Waals surface area contributed by atoms with Crippen molar-refractivity contribution in [3.63, 3.8) is 0 Å². The molecule has 1 atom stereocenters. The quantitative estimate of drug-likeness (QED) is 0.784. The summed E-state index contributed by atoms with van der Waals surface area (Å²) in [6.07, 6.45) is 1.63. The first-order valence-electron chi connectivity index (χ1n) is 8.07. The molecule has 1 N–H and O–H groups in total. The van der Waals surface area contributed by atoms with Gasteiger partial charge in [0, 0.05) is 10.9 Å². The van der Waals surface area contributed by atoms with Crippen LogP contribution in [0.2, 0.25) is 0 Å². The van der Waals surface area contributed by atoms with Gasteiger partial charge in [0.2, 0.25) is 0 Å². The van der Waals surface area contributed by atoms with E-state index in [-0.39, 0.29) is 17.7 Å². The number of aliphatic carboxylic acids is 1. The standard InChI is InChI=1S/C18H17F2NO4S/c1-10(17(23)24)21(12-4-5-12)16(22)15-9-8-14(26-15)11-2-6-13(7-3-11)25-18(19)20/h2-3,6-10,12,18H,4-5H2,1H3,(H,23,24). The van der Waals surface area contributed by atoms with E-state index in [0.29, 0.717) is 4.88 Å². The maximum Gasteiger partial charge on any atom is 0.387 e. The zero-order chi connectivity index (χ0) is 18.8. The van der Waals surface area contributed by atoms with Crippen molar-refractivity contribution in [1.29, 1.82) is 0 Å². The number of rotatable bonds is 7. The Morgan fingerprint density at radius 1 is 1.19 bits per heavy atom. The lowest BCUT2D eigenvalue weighted by molar-refractivity contribution is -0.141. The van der Waals surface area contributed by atoms with E-state index in [1.807, 2.05) is 0 Å². The van der Waals surface area contributed by atoms with Crippen LogP contribution in [0.25, 0.3) is 10.4 Å². The molecule has 1 aromatic heterocycles. The fourth-order valence-corrected chi connectivity index (χ4v) is 3.62. The van der Waals surface area contributed by atoms with Gasteiger partial charge in [-0.3, -0.25) is 4.79 Å². The third-order valence-electron chi connectivity index (χ3n) is 4.13. The molecule has 0 saturated heterocycles. The number of benzene rings is 1. The second-order valence-corrected chi connectivity index (χ2v) is 7.11. The molecule has 0 aliphatic heterocycles. The van der Waals surface area contributed by atoms with Gasteiger partial charge in [-0.2, -0.15) is 8.78 Å². The van der Waals surface area contributed by atoms with E-state index in [1.54, 1.807) is 24.3 Å². The molecule has 0 radical (unpaired) electrons. The Labute approximate surface area is 152 Å². The molecular formula is C18H17F2NO4S. The highest BCUT2D eigenvalue weighted by molar-refractivity contribution is 7.17. The second kappa shape index (κ2) is 7.41. The fourth-order valence-electron chi connectivity index (χ4n) is 2.67. The van der Waals surface area contributed by atoms with Gasteiger partial charge >= 0.3 is 12.6 Å². The van der Waals surface area contributed by atoms with Crippen molar-refractivity contribution in [3.8, 4) is 16.2 Å². The summed E-state index contributed by atoms with van der Waals surface area (Å²) in [6.45, 7) is -1.37. The Bertz CT molecular complexity index is 802. The molecule has 1 fully saturated rings. The number of carboxylic acids is 1. The molecule has 2 aromatic rings. The number of carbonyl (C=O) groups excluding carboxylic acids is 1. The minimum atomic E-state index is -2.88. The van der Waals surface area contributed by atoms with Crippen molar-refractivity contribution >= 4 is 23.2 Å². The highest BCUT2D eigenvalue weighted by Gasteiger charge is 2.39. The molecule has 1 unspecified atom stereocenters. The first-order valence-corrected chi connectivity index (χ1v) is 8.89. The van der Waals surface area contributed by atoms with Crippen molar-refractivity contribution in [1.82, 2.24) is 4.90 Å².